The summed E-state index contributed by atoms with van der Waals surface area (Å²) in [7, 11) is 3.33. The van der Waals surface area contributed by atoms with Crippen LogP contribution in [0.5, 0.6) is 0 Å². The molecule has 3 atom stereocenters. The van der Waals surface area contributed by atoms with Crippen molar-refractivity contribution >= 4 is 11.9 Å². The third-order valence-electron chi connectivity index (χ3n) is 4.42. The molecule has 1 amide bonds. The second kappa shape index (κ2) is 4.31. The van der Waals surface area contributed by atoms with Gasteiger partial charge in [0.1, 0.15) is 6.10 Å². The van der Waals surface area contributed by atoms with E-state index in [2.05, 4.69) is 0 Å². The molecule has 0 bridgehead atoms. The predicted molar refractivity (Wildman–Crippen MR) is 71.2 cm³/mol. The van der Waals surface area contributed by atoms with Crippen LogP contribution in [-0.2, 0) is 14.3 Å². The average molecular weight is 275 g/mol. The second-order valence-corrected chi connectivity index (χ2v) is 5.33. The molecule has 1 heterocycles. The van der Waals surface area contributed by atoms with E-state index in [1.54, 1.807) is 25.1 Å². The Balaban J connectivity index is 2.08. The van der Waals surface area contributed by atoms with Gasteiger partial charge in [-0.15, -0.1) is 0 Å². The molecule has 0 N–H and O–H groups in total. The van der Waals surface area contributed by atoms with Crippen LogP contribution >= 0.6 is 0 Å². The van der Waals surface area contributed by atoms with Crippen LogP contribution in [0.1, 0.15) is 35.2 Å². The number of amides is 1. The molecule has 1 fully saturated rings. The molecule has 0 radical (unpaired) electrons. The Kier molecular flexibility index (Phi) is 2.83. The Hall–Kier alpha value is -1.88. The van der Waals surface area contributed by atoms with Crippen LogP contribution in [0.2, 0.25) is 0 Å². The minimum atomic E-state index is -0.703. The van der Waals surface area contributed by atoms with Crippen molar-refractivity contribution in [1.82, 2.24) is 4.90 Å². The first-order valence-corrected chi connectivity index (χ1v) is 6.60. The van der Waals surface area contributed by atoms with Crippen LogP contribution in [0.3, 0.4) is 0 Å². The van der Waals surface area contributed by atoms with Crippen molar-refractivity contribution in [2.75, 3.05) is 14.2 Å². The highest BCUT2D eigenvalue weighted by Gasteiger charge is 2.63. The third kappa shape index (κ3) is 1.53. The van der Waals surface area contributed by atoms with Crippen molar-refractivity contribution in [1.29, 1.82) is 0 Å². The van der Waals surface area contributed by atoms with Crippen LogP contribution in [0.4, 0.5) is 0 Å². The summed E-state index contributed by atoms with van der Waals surface area (Å²) in [5.74, 6) is -0.494. The van der Waals surface area contributed by atoms with Gasteiger partial charge in [-0.1, -0.05) is 18.2 Å². The van der Waals surface area contributed by atoms with Crippen LogP contribution in [0, 0.1) is 0 Å². The van der Waals surface area contributed by atoms with E-state index in [1.807, 2.05) is 18.2 Å². The molecule has 1 aromatic rings. The predicted octanol–water partition coefficient (Wildman–Crippen LogP) is 1.53. The fourth-order valence-electron chi connectivity index (χ4n) is 3.44. The molecule has 5 heteroatoms. The van der Waals surface area contributed by atoms with Gasteiger partial charge in [-0.2, -0.15) is 0 Å². The maximum atomic E-state index is 12.4. The first-order chi connectivity index (χ1) is 9.51. The second-order valence-electron chi connectivity index (χ2n) is 5.33. The molecule has 2 aliphatic rings. The van der Waals surface area contributed by atoms with Gasteiger partial charge in [-0.05, 0) is 11.6 Å². The quantitative estimate of drug-likeness (QED) is 0.768. The van der Waals surface area contributed by atoms with Gasteiger partial charge < -0.3 is 14.4 Å². The summed E-state index contributed by atoms with van der Waals surface area (Å²) in [5.41, 5.74) is 0.852. The molecular formula is C15H17NO4. The summed E-state index contributed by atoms with van der Waals surface area (Å²) in [6.07, 6.45) is 0.258. The Bertz CT molecular complexity index is 585. The molecule has 1 saturated carbocycles. The Morgan fingerprint density at radius 1 is 1.40 bits per heavy atom. The Morgan fingerprint density at radius 3 is 2.75 bits per heavy atom. The van der Waals surface area contributed by atoms with Crippen molar-refractivity contribution in [3.05, 3.63) is 35.4 Å². The highest BCUT2D eigenvalue weighted by atomic mass is 16.6. The first kappa shape index (κ1) is 13.1. The minimum absolute atomic E-state index is 0.0556. The lowest BCUT2D eigenvalue weighted by atomic mass is 9.64. The monoisotopic (exact) mass is 275 g/mol. The third-order valence-corrected chi connectivity index (χ3v) is 4.42. The largest absolute Gasteiger partial charge is 0.462 e. The SMILES string of the molecule is COC12CC(OC(C)=O)C1c1ccccc1C(=O)N2C. The highest BCUT2D eigenvalue weighted by Crippen LogP contribution is 2.55. The number of hydrogen-bond acceptors (Lipinski definition) is 4. The zero-order chi connectivity index (χ0) is 14.5. The van der Waals surface area contributed by atoms with E-state index in [0.717, 1.165) is 5.56 Å². The van der Waals surface area contributed by atoms with Crippen molar-refractivity contribution < 1.29 is 19.1 Å². The number of benzene rings is 1. The number of carbonyl (C=O) groups excluding carboxylic acids is 2. The molecule has 0 saturated heterocycles. The number of hydrogen-bond donors (Lipinski definition) is 0. The van der Waals surface area contributed by atoms with Crippen molar-refractivity contribution in [3.63, 3.8) is 0 Å². The number of rotatable bonds is 2. The summed E-state index contributed by atoms with van der Waals surface area (Å²) < 4.78 is 11.0. The number of esters is 1. The van der Waals surface area contributed by atoms with Crippen LogP contribution < -0.4 is 0 Å². The highest BCUT2D eigenvalue weighted by molar-refractivity contribution is 5.98. The molecule has 0 aromatic heterocycles. The standard InChI is InChI=1S/C15H17NO4/c1-9(17)20-12-8-15(19-3)13(12)10-6-4-5-7-11(10)14(18)16(15)2/h4-7,12-13H,8H2,1-3H3. The molecule has 1 aliphatic carbocycles. The first-order valence-electron chi connectivity index (χ1n) is 6.60. The lowest BCUT2D eigenvalue weighted by Crippen LogP contribution is -2.69. The summed E-state index contributed by atoms with van der Waals surface area (Å²) in [4.78, 5) is 25.3. The lowest BCUT2D eigenvalue weighted by Gasteiger charge is -2.59. The lowest BCUT2D eigenvalue weighted by molar-refractivity contribution is -0.234. The number of ether oxygens (including phenoxy) is 2. The van der Waals surface area contributed by atoms with Gasteiger partial charge in [0.25, 0.3) is 5.91 Å². The normalized spacial score (nSPS) is 31.1. The smallest absolute Gasteiger partial charge is 0.302 e. The number of nitrogens with zero attached hydrogens (tertiary/aromatic N) is 1. The van der Waals surface area contributed by atoms with Gasteiger partial charge in [0, 0.05) is 33.1 Å². The topological polar surface area (TPSA) is 55.8 Å². The maximum Gasteiger partial charge on any atom is 0.302 e. The number of likely N-dealkylation sites (N-methyl/N-ethyl adjacent to an activating group) is 1. The molecule has 5 nitrogen and oxygen atoms in total. The molecule has 3 unspecified atom stereocenters. The van der Waals surface area contributed by atoms with E-state index < -0.39 is 5.72 Å². The fourth-order valence-corrected chi connectivity index (χ4v) is 3.44. The van der Waals surface area contributed by atoms with Crippen molar-refractivity contribution in [2.24, 2.45) is 0 Å². The summed E-state index contributed by atoms with van der Waals surface area (Å²) in [5, 5.41) is 0. The van der Waals surface area contributed by atoms with Crippen LogP contribution in [0.15, 0.2) is 24.3 Å². The number of carbonyl (C=O) groups is 2. The van der Waals surface area contributed by atoms with Gasteiger partial charge in [-0.3, -0.25) is 9.59 Å². The zero-order valence-electron chi connectivity index (χ0n) is 11.8. The van der Waals surface area contributed by atoms with Crippen LogP contribution in [0.25, 0.3) is 0 Å². The minimum Gasteiger partial charge on any atom is -0.462 e. The Labute approximate surface area is 117 Å². The molecule has 106 valence electrons. The van der Waals surface area contributed by atoms with Gasteiger partial charge in [0.15, 0.2) is 5.72 Å². The fraction of sp³-hybridized carbons (Fsp3) is 0.467. The molecule has 1 aliphatic heterocycles. The molecule has 3 rings (SSSR count). The van der Waals surface area contributed by atoms with Gasteiger partial charge in [0.05, 0.1) is 5.92 Å². The molecule has 0 spiro atoms. The van der Waals surface area contributed by atoms with Gasteiger partial charge >= 0.3 is 5.97 Å². The van der Waals surface area contributed by atoms with E-state index in [4.69, 9.17) is 9.47 Å². The summed E-state index contributed by atoms with van der Waals surface area (Å²) in [6.45, 7) is 1.40. The van der Waals surface area contributed by atoms with Crippen LogP contribution in [-0.4, -0.2) is 42.8 Å². The summed E-state index contributed by atoms with van der Waals surface area (Å²) in [6, 6.07) is 7.44. The van der Waals surface area contributed by atoms with E-state index in [0.29, 0.717) is 12.0 Å². The zero-order valence-corrected chi connectivity index (χ0v) is 11.8. The number of fused-ring (bicyclic) bond motifs is 3. The maximum absolute atomic E-state index is 12.4. The molecule has 1 aromatic carbocycles. The molecular weight excluding hydrogens is 258 g/mol. The van der Waals surface area contributed by atoms with Gasteiger partial charge in [0.2, 0.25) is 0 Å². The van der Waals surface area contributed by atoms with E-state index in [9.17, 15) is 9.59 Å². The molecule has 20 heavy (non-hydrogen) atoms. The average Bonchev–Trinajstić information content (AvgIpc) is 2.41. The summed E-state index contributed by atoms with van der Waals surface area (Å²) >= 11 is 0. The van der Waals surface area contributed by atoms with Gasteiger partial charge in [-0.25, -0.2) is 0 Å². The van der Waals surface area contributed by atoms with E-state index >= 15 is 0 Å². The number of methoxy groups -OCH3 is 1. The Morgan fingerprint density at radius 2 is 2.10 bits per heavy atom. The van der Waals surface area contributed by atoms with Crippen molar-refractivity contribution in [3.8, 4) is 0 Å². The van der Waals surface area contributed by atoms with E-state index in [1.165, 1.54) is 6.92 Å². The van der Waals surface area contributed by atoms with E-state index in [-0.39, 0.29) is 23.9 Å². The van der Waals surface area contributed by atoms with Crippen molar-refractivity contribution in [2.45, 2.75) is 31.1 Å².